The Bertz CT molecular complexity index is 544. The molecule has 0 atom stereocenters. The molecule has 0 saturated carbocycles. The normalized spacial score (nSPS) is 9.59. The number of nitrogen functional groups attached to an aromatic ring is 1. The number of pyridine rings is 1. The Morgan fingerprint density at radius 1 is 1.32 bits per heavy atom. The van der Waals surface area contributed by atoms with Gasteiger partial charge >= 0.3 is 11.9 Å². The zero-order valence-corrected chi connectivity index (χ0v) is 14.1. The van der Waals surface area contributed by atoms with E-state index in [0.29, 0.717) is 29.1 Å². The zero-order chi connectivity index (χ0) is 17.0. The van der Waals surface area contributed by atoms with Crippen molar-refractivity contribution in [2.24, 2.45) is 0 Å². The van der Waals surface area contributed by atoms with Gasteiger partial charge in [-0.05, 0) is 41.9 Å². The van der Waals surface area contributed by atoms with Gasteiger partial charge < -0.3 is 15.2 Å². The highest BCUT2D eigenvalue weighted by molar-refractivity contribution is 9.10. The van der Waals surface area contributed by atoms with Crippen molar-refractivity contribution >= 4 is 39.6 Å². The van der Waals surface area contributed by atoms with Crippen molar-refractivity contribution in [3.05, 3.63) is 41.2 Å². The van der Waals surface area contributed by atoms with Crippen LogP contribution in [0.4, 0.5) is 5.69 Å². The number of hydrogen-bond acceptors (Lipinski definition) is 6. The lowest BCUT2D eigenvalue weighted by atomic mass is 10.2. The predicted molar refractivity (Wildman–Crippen MR) is 88.8 cm³/mol. The SMILES string of the molecule is C=CC(=O)OCC.CCOC(=O)C=Cc1cnc(Br)cc1N. The van der Waals surface area contributed by atoms with E-state index >= 15 is 0 Å². The monoisotopic (exact) mass is 370 g/mol. The van der Waals surface area contributed by atoms with Crippen LogP contribution in [-0.4, -0.2) is 30.1 Å². The molecule has 2 N–H and O–H groups in total. The topological polar surface area (TPSA) is 91.5 Å². The molecule has 1 rings (SSSR count). The lowest BCUT2D eigenvalue weighted by molar-refractivity contribution is -0.138. The number of nitrogens with zero attached hydrogens (tertiary/aromatic N) is 1. The van der Waals surface area contributed by atoms with Crippen LogP contribution < -0.4 is 5.73 Å². The van der Waals surface area contributed by atoms with Gasteiger partial charge in [0.05, 0.1) is 13.2 Å². The third kappa shape index (κ3) is 8.91. The molecular weight excluding hydrogens is 352 g/mol. The van der Waals surface area contributed by atoms with E-state index in [0.717, 1.165) is 6.08 Å². The molecular formula is C15H19BrN2O4. The molecule has 0 amide bonds. The molecule has 1 aromatic rings. The third-order valence-corrected chi connectivity index (χ3v) is 2.51. The number of esters is 2. The summed E-state index contributed by atoms with van der Waals surface area (Å²) in [5.41, 5.74) is 6.95. The second kappa shape index (κ2) is 11.5. The fourth-order valence-electron chi connectivity index (χ4n) is 1.14. The Labute approximate surface area is 138 Å². The molecule has 7 heteroatoms. The number of carbonyl (C=O) groups excluding carboxylic acids is 2. The molecule has 0 bridgehead atoms. The summed E-state index contributed by atoms with van der Waals surface area (Å²) in [6.07, 6.45) is 5.62. The average Bonchev–Trinajstić information content (AvgIpc) is 2.47. The van der Waals surface area contributed by atoms with Crippen LogP contribution in [0.2, 0.25) is 0 Å². The minimum Gasteiger partial charge on any atom is -0.463 e. The maximum absolute atomic E-state index is 11.0. The lowest BCUT2D eigenvalue weighted by Crippen LogP contribution is -1.99. The van der Waals surface area contributed by atoms with Gasteiger partial charge in [0.1, 0.15) is 4.60 Å². The zero-order valence-electron chi connectivity index (χ0n) is 12.5. The summed E-state index contributed by atoms with van der Waals surface area (Å²) in [6.45, 7) is 7.49. The summed E-state index contributed by atoms with van der Waals surface area (Å²) in [5.74, 6) is -0.748. The van der Waals surface area contributed by atoms with Crippen molar-refractivity contribution in [1.29, 1.82) is 0 Å². The molecule has 0 fully saturated rings. The second-order valence-electron chi connectivity index (χ2n) is 3.68. The Morgan fingerprint density at radius 3 is 2.36 bits per heavy atom. The van der Waals surface area contributed by atoms with Gasteiger partial charge in [0.2, 0.25) is 0 Å². The van der Waals surface area contributed by atoms with Crippen LogP contribution in [-0.2, 0) is 19.1 Å². The summed E-state index contributed by atoms with van der Waals surface area (Å²) in [4.78, 5) is 25.1. The first-order valence-electron chi connectivity index (χ1n) is 6.49. The highest BCUT2D eigenvalue weighted by Crippen LogP contribution is 2.16. The van der Waals surface area contributed by atoms with Crippen molar-refractivity contribution in [3.63, 3.8) is 0 Å². The first kappa shape index (κ1) is 19.9. The van der Waals surface area contributed by atoms with Gasteiger partial charge in [0.15, 0.2) is 0 Å². The van der Waals surface area contributed by atoms with E-state index in [2.05, 4.69) is 32.2 Å². The third-order valence-electron chi connectivity index (χ3n) is 2.07. The summed E-state index contributed by atoms with van der Waals surface area (Å²) in [6, 6.07) is 1.67. The summed E-state index contributed by atoms with van der Waals surface area (Å²) >= 11 is 3.19. The Hall–Kier alpha value is -2.15. The number of ether oxygens (including phenoxy) is 2. The van der Waals surface area contributed by atoms with Crippen molar-refractivity contribution in [2.45, 2.75) is 13.8 Å². The summed E-state index contributed by atoms with van der Waals surface area (Å²) in [5, 5.41) is 0. The molecule has 22 heavy (non-hydrogen) atoms. The smallest absolute Gasteiger partial charge is 0.330 e. The van der Waals surface area contributed by atoms with E-state index in [1.807, 2.05) is 0 Å². The van der Waals surface area contributed by atoms with Gasteiger partial charge in [-0.2, -0.15) is 0 Å². The van der Waals surface area contributed by atoms with Crippen LogP contribution >= 0.6 is 15.9 Å². The van der Waals surface area contributed by atoms with E-state index in [4.69, 9.17) is 10.5 Å². The molecule has 6 nitrogen and oxygen atoms in total. The van der Waals surface area contributed by atoms with Crippen LogP contribution in [0.1, 0.15) is 19.4 Å². The number of anilines is 1. The van der Waals surface area contributed by atoms with Crippen LogP contribution in [0.3, 0.4) is 0 Å². The number of aromatic nitrogens is 1. The number of hydrogen-bond donors (Lipinski definition) is 1. The van der Waals surface area contributed by atoms with Crippen molar-refractivity contribution in [2.75, 3.05) is 18.9 Å². The highest BCUT2D eigenvalue weighted by atomic mass is 79.9. The van der Waals surface area contributed by atoms with E-state index in [-0.39, 0.29) is 11.9 Å². The highest BCUT2D eigenvalue weighted by Gasteiger charge is 1.99. The molecule has 0 aliphatic carbocycles. The van der Waals surface area contributed by atoms with Crippen molar-refractivity contribution in [1.82, 2.24) is 4.98 Å². The molecule has 1 aromatic heterocycles. The van der Waals surface area contributed by atoms with Crippen LogP contribution in [0, 0.1) is 0 Å². The van der Waals surface area contributed by atoms with Gasteiger partial charge in [-0.1, -0.05) is 6.58 Å². The first-order valence-corrected chi connectivity index (χ1v) is 7.28. The molecule has 0 aromatic carbocycles. The van der Waals surface area contributed by atoms with Crippen LogP contribution in [0.5, 0.6) is 0 Å². The summed E-state index contributed by atoms with van der Waals surface area (Å²) in [7, 11) is 0. The van der Waals surface area contributed by atoms with Crippen molar-refractivity contribution in [3.8, 4) is 0 Å². The maximum Gasteiger partial charge on any atom is 0.330 e. The average molecular weight is 371 g/mol. The maximum atomic E-state index is 11.0. The Morgan fingerprint density at radius 2 is 1.91 bits per heavy atom. The quantitative estimate of drug-likeness (QED) is 0.486. The fraction of sp³-hybridized carbons (Fsp3) is 0.267. The van der Waals surface area contributed by atoms with Gasteiger partial charge in [-0.25, -0.2) is 14.6 Å². The van der Waals surface area contributed by atoms with Gasteiger partial charge in [-0.3, -0.25) is 0 Å². The van der Waals surface area contributed by atoms with Gasteiger partial charge in [0.25, 0.3) is 0 Å². The molecule has 0 saturated heterocycles. The van der Waals surface area contributed by atoms with Gasteiger partial charge in [-0.15, -0.1) is 0 Å². The lowest BCUT2D eigenvalue weighted by Gasteiger charge is -1.99. The molecule has 0 radical (unpaired) electrons. The van der Waals surface area contributed by atoms with Gasteiger partial charge in [0, 0.05) is 29.6 Å². The second-order valence-corrected chi connectivity index (χ2v) is 4.49. The van der Waals surface area contributed by atoms with Crippen LogP contribution in [0.15, 0.2) is 35.6 Å². The van der Waals surface area contributed by atoms with Crippen LogP contribution in [0.25, 0.3) is 6.08 Å². The van der Waals surface area contributed by atoms with E-state index in [1.54, 1.807) is 32.2 Å². The minimum atomic E-state index is -0.389. The molecule has 120 valence electrons. The number of halogens is 1. The molecule has 0 aliphatic rings. The van der Waals surface area contributed by atoms with E-state index in [1.165, 1.54) is 6.08 Å². The largest absolute Gasteiger partial charge is 0.463 e. The Kier molecular flexibility index (Phi) is 10.4. The van der Waals surface area contributed by atoms with E-state index < -0.39 is 0 Å². The molecule has 0 spiro atoms. The number of nitrogens with two attached hydrogens (primary N) is 1. The number of carbonyl (C=O) groups is 2. The molecule has 0 unspecified atom stereocenters. The van der Waals surface area contributed by atoms with Crippen molar-refractivity contribution < 1.29 is 19.1 Å². The number of rotatable bonds is 5. The standard InChI is InChI=1S/C10H11BrN2O2.C5H8O2/c1-2-15-10(14)4-3-7-6-13-9(11)5-8(7)12;1-3-5(6)7-4-2/h3-6H,2H2,1H3,(H2,12,13);3H,1,4H2,2H3. The van der Waals surface area contributed by atoms with E-state index in [9.17, 15) is 9.59 Å². The molecule has 0 aliphatic heterocycles. The summed E-state index contributed by atoms with van der Waals surface area (Å²) < 4.78 is 9.83. The fourth-order valence-corrected chi connectivity index (χ4v) is 1.49. The molecule has 1 heterocycles. The predicted octanol–water partition coefficient (Wildman–Crippen LogP) is 2.74. The Balaban J connectivity index is 0.000000534. The minimum absolute atomic E-state index is 0.358. The first-order chi connectivity index (χ1) is 10.4.